The Kier molecular flexibility index (Phi) is 8.34. The number of benzene rings is 2. The van der Waals surface area contributed by atoms with Crippen molar-refractivity contribution in [2.75, 3.05) is 6.61 Å². The lowest BCUT2D eigenvalue weighted by molar-refractivity contribution is -0.274. The van der Waals surface area contributed by atoms with Crippen LogP contribution in [-0.2, 0) is 9.53 Å². The summed E-state index contributed by atoms with van der Waals surface area (Å²) in [6, 6.07) is 10.4. The standard InChI is InChI=1S/C25H25F3N2O5S/c1-5-21(31)35-24(3,4)15-33-20-11-6-17(14-16(20)2)30-13-12-29-22(23(30)32)36-19-9-7-18(8-10-19)34-25(26,27)28/h6-14H,5,15H2,1-4H3. The number of alkyl halides is 3. The number of aryl methyl sites for hydroxylation is 1. The van der Waals surface area contributed by atoms with E-state index in [1.54, 1.807) is 39.0 Å². The summed E-state index contributed by atoms with van der Waals surface area (Å²) in [6.07, 6.45) is -1.51. The maximum Gasteiger partial charge on any atom is 0.573 e. The summed E-state index contributed by atoms with van der Waals surface area (Å²) >= 11 is 1.03. The van der Waals surface area contributed by atoms with Crippen molar-refractivity contribution in [1.29, 1.82) is 0 Å². The minimum absolute atomic E-state index is 0.152. The molecule has 1 heterocycles. The summed E-state index contributed by atoms with van der Waals surface area (Å²) in [5.41, 5.74) is 0.158. The Morgan fingerprint density at radius 3 is 2.42 bits per heavy atom. The van der Waals surface area contributed by atoms with E-state index in [2.05, 4.69) is 9.72 Å². The van der Waals surface area contributed by atoms with Gasteiger partial charge in [0.1, 0.15) is 23.7 Å². The molecule has 3 aromatic rings. The first-order valence-electron chi connectivity index (χ1n) is 10.9. The number of carbonyl (C=O) groups is 1. The number of rotatable bonds is 9. The third-order valence-electron chi connectivity index (χ3n) is 4.77. The Hall–Kier alpha value is -3.47. The molecule has 0 bridgehead atoms. The van der Waals surface area contributed by atoms with Gasteiger partial charge in [-0.15, -0.1) is 13.2 Å². The van der Waals surface area contributed by atoms with Gasteiger partial charge in [-0.3, -0.25) is 14.2 Å². The second kappa shape index (κ2) is 11.1. The summed E-state index contributed by atoms with van der Waals surface area (Å²) in [4.78, 5) is 29.3. The first-order chi connectivity index (χ1) is 16.9. The maximum absolute atomic E-state index is 13.0. The van der Waals surface area contributed by atoms with Gasteiger partial charge in [-0.1, -0.05) is 18.7 Å². The van der Waals surface area contributed by atoms with Gasteiger partial charge < -0.3 is 14.2 Å². The van der Waals surface area contributed by atoms with Gasteiger partial charge in [-0.05, 0) is 68.8 Å². The van der Waals surface area contributed by atoms with Gasteiger partial charge in [0.15, 0.2) is 5.03 Å². The number of aromatic nitrogens is 2. The maximum atomic E-state index is 13.0. The Labute approximate surface area is 210 Å². The molecule has 36 heavy (non-hydrogen) atoms. The van der Waals surface area contributed by atoms with Gasteiger partial charge in [-0.2, -0.15) is 0 Å². The van der Waals surface area contributed by atoms with Crippen LogP contribution >= 0.6 is 11.8 Å². The summed E-state index contributed by atoms with van der Waals surface area (Å²) in [5, 5.41) is 0.152. The van der Waals surface area contributed by atoms with Crippen molar-refractivity contribution in [2.24, 2.45) is 0 Å². The van der Waals surface area contributed by atoms with Crippen LogP contribution in [0.3, 0.4) is 0 Å². The van der Waals surface area contributed by atoms with E-state index in [-0.39, 0.29) is 29.8 Å². The van der Waals surface area contributed by atoms with Crippen molar-refractivity contribution in [3.8, 4) is 17.2 Å². The fourth-order valence-corrected chi connectivity index (χ4v) is 3.89. The van der Waals surface area contributed by atoms with E-state index in [0.29, 0.717) is 16.3 Å². The highest BCUT2D eigenvalue weighted by Gasteiger charge is 2.31. The fraction of sp³-hybridized carbons (Fsp3) is 0.320. The van der Waals surface area contributed by atoms with Crippen LogP contribution in [0.5, 0.6) is 11.5 Å². The highest BCUT2D eigenvalue weighted by molar-refractivity contribution is 7.99. The largest absolute Gasteiger partial charge is 0.573 e. The van der Waals surface area contributed by atoms with Crippen LogP contribution in [0.4, 0.5) is 13.2 Å². The summed E-state index contributed by atoms with van der Waals surface area (Å²) in [6.45, 7) is 7.22. The average molecular weight is 523 g/mol. The van der Waals surface area contributed by atoms with Crippen molar-refractivity contribution in [3.05, 3.63) is 70.8 Å². The summed E-state index contributed by atoms with van der Waals surface area (Å²) in [7, 11) is 0. The van der Waals surface area contributed by atoms with E-state index in [1.807, 2.05) is 6.92 Å². The van der Waals surface area contributed by atoms with Crippen LogP contribution in [0.25, 0.3) is 5.69 Å². The third kappa shape index (κ3) is 7.51. The number of carbonyl (C=O) groups excluding carboxylic acids is 1. The SMILES string of the molecule is CCC(=O)OC(C)(C)COc1ccc(-n2ccnc(Sc3ccc(OC(F)(F)F)cc3)c2=O)cc1C. The Morgan fingerprint density at radius 1 is 1.11 bits per heavy atom. The van der Waals surface area contributed by atoms with Crippen LogP contribution in [0, 0.1) is 6.92 Å². The number of esters is 1. The van der Waals surface area contributed by atoms with E-state index in [0.717, 1.165) is 17.3 Å². The van der Waals surface area contributed by atoms with Crippen molar-refractivity contribution >= 4 is 17.7 Å². The van der Waals surface area contributed by atoms with Gasteiger partial charge in [0.25, 0.3) is 5.56 Å². The van der Waals surface area contributed by atoms with Crippen molar-refractivity contribution < 1.29 is 32.2 Å². The molecule has 0 radical (unpaired) electrons. The zero-order valence-electron chi connectivity index (χ0n) is 20.1. The minimum atomic E-state index is -4.78. The van der Waals surface area contributed by atoms with Gasteiger partial charge in [0, 0.05) is 29.4 Å². The molecule has 0 spiro atoms. The first-order valence-corrected chi connectivity index (χ1v) is 11.8. The van der Waals surface area contributed by atoms with Gasteiger partial charge >= 0.3 is 12.3 Å². The predicted molar refractivity (Wildman–Crippen MR) is 128 cm³/mol. The highest BCUT2D eigenvalue weighted by Crippen LogP contribution is 2.29. The molecule has 1 aromatic heterocycles. The lowest BCUT2D eigenvalue weighted by atomic mass is 10.1. The van der Waals surface area contributed by atoms with Crippen LogP contribution in [-0.4, -0.2) is 34.1 Å². The molecule has 0 fully saturated rings. The molecular weight excluding hydrogens is 497 g/mol. The van der Waals surface area contributed by atoms with E-state index in [9.17, 15) is 22.8 Å². The van der Waals surface area contributed by atoms with Crippen LogP contribution < -0.4 is 15.0 Å². The summed E-state index contributed by atoms with van der Waals surface area (Å²) in [5.74, 6) is -0.0841. The van der Waals surface area contributed by atoms with Crippen molar-refractivity contribution in [2.45, 2.75) is 56.0 Å². The van der Waals surface area contributed by atoms with Crippen molar-refractivity contribution in [3.63, 3.8) is 0 Å². The van der Waals surface area contributed by atoms with Gasteiger partial charge in [0.05, 0.1) is 0 Å². The normalized spacial score (nSPS) is 11.8. The molecule has 0 amide bonds. The minimum Gasteiger partial charge on any atom is -0.489 e. The Bertz CT molecular complexity index is 1270. The van der Waals surface area contributed by atoms with E-state index >= 15 is 0 Å². The smallest absolute Gasteiger partial charge is 0.489 e. The molecule has 7 nitrogen and oxygen atoms in total. The van der Waals surface area contributed by atoms with E-state index in [1.165, 1.54) is 41.2 Å². The number of hydrogen-bond acceptors (Lipinski definition) is 7. The zero-order chi connectivity index (χ0) is 26.5. The van der Waals surface area contributed by atoms with Crippen LogP contribution in [0.15, 0.2) is 69.6 Å². The molecule has 0 saturated carbocycles. The molecule has 0 N–H and O–H groups in total. The quantitative estimate of drug-likeness (QED) is 0.334. The topological polar surface area (TPSA) is 79.7 Å². The average Bonchev–Trinajstić information content (AvgIpc) is 2.79. The fourth-order valence-electron chi connectivity index (χ4n) is 3.09. The Morgan fingerprint density at radius 2 is 1.81 bits per heavy atom. The van der Waals surface area contributed by atoms with Gasteiger partial charge in [0.2, 0.25) is 0 Å². The summed E-state index contributed by atoms with van der Waals surface area (Å²) < 4.78 is 53.5. The van der Waals surface area contributed by atoms with E-state index < -0.39 is 17.5 Å². The molecular formula is C25H25F3N2O5S. The Balaban J connectivity index is 1.74. The van der Waals surface area contributed by atoms with Crippen LogP contribution in [0.2, 0.25) is 0 Å². The zero-order valence-corrected chi connectivity index (χ0v) is 20.9. The first kappa shape index (κ1) is 27.1. The monoisotopic (exact) mass is 522 g/mol. The number of nitrogens with zero attached hydrogens (tertiary/aromatic N) is 2. The lowest BCUT2D eigenvalue weighted by Crippen LogP contribution is -2.34. The number of hydrogen-bond donors (Lipinski definition) is 0. The molecule has 0 aliphatic rings. The molecule has 3 rings (SSSR count). The predicted octanol–water partition coefficient (Wildman–Crippen LogP) is 5.70. The van der Waals surface area contributed by atoms with Crippen LogP contribution in [0.1, 0.15) is 32.8 Å². The van der Waals surface area contributed by atoms with Gasteiger partial charge in [-0.25, -0.2) is 4.98 Å². The molecule has 0 atom stereocenters. The number of halogens is 3. The molecule has 0 aliphatic carbocycles. The highest BCUT2D eigenvalue weighted by atomic mass is 32.2. The molecule has 0 saturated heterocycles. The second-order valence-electron chi connectivity index (χ2n) is 8.35. The molecule has 2 aromatic carbocycles. The molecule has 11 heteroatoms. The lowest BCUT2D eigenvalue weighted by Gasteiger charge is -2.25. The van der Waals surface area contributed by atoms with E-state index in [4.69, 9.17) is 9.47 Å². The molecule has 192 valence electrons. The third-order valence-corrected chi connectivity index (χ3v) is 5.75. The second-order valence-corrected chi connectivity index (χ2v) is 9.42. The molecule has 0 aliphatic heterocycles. The number of ether oxygens (including phenoxy) is 3. The molecule has 0 unspecified atom stereocenters. The van der Waals surface area contributed by atoms with Crippen molar-refractivity contribution in [1.82, 2.24) is 9.55 Å².